The Kier molecular flexibility index (Phi) is 7.70. The monoisotopic (exact) mass is 538 g/mol. The Balaban J connectivity index is 1.43. The van der Waals surface area contributed by atoms with Gasteiger partial charge in [-0.3, -0.25) is 14.5 Å². The Hall–Kier alpha value is -4.89. The third-order valence-corrected chi connectivity index (χ3v) is 7.33. The Morgan fingerprint density at radius 3 is 2.41 bits per heavy atom. The maximum Gasteiger partial charge on any atom is 0.261 e. The fourth-order valence-corrected chi connectivity index (χ4v) is 5.17. The van der Waals surface area contributed by atoms with Crippen LogP contribution in [0.2, 0.25) is 0 Å². The van der Waals surface area contributed by atoms with E-state index in [1.54, 1.807) is 61.1 Å². The van der Waals surface area contributed by atoms with Crippen molar-refractivity contribution in [3.63, 3.8) is 0 Å². The van der Waals surface area contributed by atoms with E-state index in [4.69, 9.17) is 4.42 Å². The molecule has 5 rings (SSSR count). The van der Waals surface area contributed by atoms with Gasteiger partial charge in [0.1, 0.15) is 5.76 Å². The van der Waals surface area contributed by atoms with Gasteiger partial charge in [-0.15, -0.1) is 0 Å². The molecule has 39 heavy (non-hydrogen) atoms. The molecule has 0 saturated heterocycles. The van der Waals surface area contributed by atoms with Gasteiger partial charge in [-0.05, 0) is 59.7 Å². The molecule has 8 nitrogen and oxygen atoms in total. The van der Waals surface area contributed by atoms with Gasteiger partial charge >= 0.3 is 0 Å². The summed E-state index contributed by atoms with van der Waals surface area (Å²) in [4.78, 5) is 17.1. The number of carbonyl (C=O) groups is 1. The van der Waals surface area contributed by atoms with Crippen molar-refractivity contribution < 1.29 is 17.6 Å². The lowest BCUT2D eigenvalue weighted by Crippen LogP contribution is -2.23. The number of amides is 1. The van der Waals surface area contributed by atoms with Crippen molar-refractivity contribution in [1.82, 2.24) is 10.3 Å². The predicted octanol–water partition coefficient (Wildman–Crippen LogP) is 5.68. The standard InChI is InChI=1S/C30H26N4O4S/c35-30(33-20-22-8-6-14-31-19-22)24-16-26(18-27(17-24)39(36,37)34-25-10-2-1-3-11-25)32-21-23-9-4-5-12-28(23)29-13-7-15-38-29/h1-19,32,34H,20-21H2,(H,33,35). The smallest absolute Gasteiger partial charge is 0.261 e. The third-order valence-electron chi connectivity index (χ3n) is 5.97. The lowest BCUT2D eigenvalue weighted by atomic mass is 10.1. The molecule has 2 heterocycles. The molecule has 3 N–H and O–H groups in total. The number of hydrogen-bond acceptors (Lipinski definition) is 6. The molecule has 0 spiro atoms. The zero-order valence-corrected chi connectivity index (χ0v) is 21.7. The van der Waals surface area contributed by atoms with Crippen molar-refractivity contribution in [3.05, 3.63) is 132 Å². The molecule has 196 valence electrons. The maximum absolute atomic E-state index is 13.3. The molecule has 3 aromatic carbocycles. The number of sulfonamides is 1. The van der Waals surface area contributed by atoms with Gasteiger partial charge in [0.2, 0.25) is 0 Å². The maximum atomic E-state index is 13.3. The summed E-state index contributed by atoms with van der Waals surface area (Å²) >= 11 is 0. The Morgan fingerprint density at radius 2 is 1.64 bits per heavy atom. The fraction of sp³-hybridized carbons (Fsp3) is 0.0667. The second-order valence-corrected chi connectivity index (χ2v) is 10.4. The summed E-state index contributed by atoms with van der Waals surface area (Å²) in [6.45, 7) is 0.633. The quantitative estimate of drug-likeness (QED) is 0.211. The zero-order chi connectivity index (χ0) is 27.1. The molecule has 0 unspecified atom stereocenters. The number of para-hydroxylation sites is 1. The zero-order valence-electron chi connectivity index (χ0n) is 20.9. The molecule has 2 aromatic heterocycles. The number of rotatable bonds is 10. The molecular formula is C30H26N4O4S. The van der Waals surface area contributed by atoms with Crippen molar-refractivity contribution in [2.75, 3.05) is 10.0 Å². The van der Waals surface area contributed by atoms with E-state index in [2.05, 4.69) is 20.3 Å². The highest BCUT2D eigenvalue weighted by molar-refractivity contribution is 7.92. The molecule has 0 atom stereocenters. The van der Waals surface area contributed by atoms with Crippen molar-refractivity contribution in [3.8, 4) is 11.3 Å². The first-order valence-electron chi connectivity index (χ1n) is 12.2. The van der Waals surface area contributed by atoms with Gasteiger partial charge in [-0.1, -0.05) is 48.5 Å². The van der Waals surface area contributed by atoms with E-state index in [-0.39, 0.29) is 17.0 Å². The summed E-state index contributed by atoms with van der Waals surface area (Å²) in [5.41, 5.74) is 3.80. The molecule has 5 aromatic rings. The second kappa shape index (κ2) is 11.7. The first kappa shape index (κ1) is 25.7. The topological polar surface area (TPSA) is 113 Å². The van der Waals surface area contributed by atoms with Crippen LogP contribution in [0.15, 0.2) is 125 Å². The lowest BCUT2D eigenvalue weighted by Gasteiger charge is -2.15. The first-order chi connectivity index (χ1) is 19.0. The summed E-state index contributed by atoms with van der Waals surface area (Å²) in [5, 5.41) is 6.12. The van der Waals surface area contributed by atoms with Crippen LogP contribution in [0.3, 0.4) is 0 Å². The van der Waals surface area contributed by atoms with Crippen molar-refractivity contribution >= 4 is 27.3 Å². The second-order valence-electron chi connectivity index (χ2n) is 8.75. The molecule has 1 amide bonds. The third kappa shape index (κ3) is 6.52. The first-order valence-corrected chi connectivity index (χ1v) is 13.7. The number of anilines is 2. The van der Waals surface area contributed by atoms with E-state index in [1.165, 1.54) is 12.1 Å². The van der Waals surface area contributed by atoms with E-state index in [1.807, 2.05) is 42.5 Å². The highest BCUT2D eigenvalue weighted by atomic mass is 32.2. The van der Waals surface area contributed by atoms with Crippen LogP contribution >= 0.6 is 0 Å². The molecule has 0 aliphatic carbocycles. The van der Waals surface area contributed by atoms with Gasteiger partial charge in [0, 0.05) is 48.0 Å². The number of hydrogen-bond donors (Lipinski definition) is 3. The Morgan fingerprint density at radius 1 is 0.821 bits per heavy atom. The largest absolute Gasteiger partial charge is 0.464 e. The van der Waals surface area contributed by atoms with Gasteiger partial charge in [0.25, 0.3) is 15.9 Å². The van der Waals surface area contributed by atoms with Crippen LogP contribution in [0.1, 0.15) is 21.5 Å². The minimum Gasteiger partial charge on any atom is -0.464 e. The highest BCUT2D eigenvalue weighted by Gasteiger charge is 2.19. The van der Waals surface area contributed by atoms with Gasteiger partial charge in [0.05, 0.1) is 11.2 Å². The van der Waals surface area contributed by atoms with Crippen LogP contribution in [0.5, 0.6) is 0 Å². The van der Waals surface area contributed by atoms with Crippen LogP contribution in [-0.4, -0.2) is 19.3 Å². The number of carbonyl (C=O) groups excluding carboxylic acids is 1. The minimum absolute atomic E-state index is 0.0396. The molecular weight excluding hydrogens is 512 g/mol. The van der Waals surface area contributed by atoms with Gasteiger partial charge < -0.3 is 15.1 Å². The van der Waals surface area contributed by atoms with Crippen molar-refractivity contribution in [1.29, 1.82) is 0 Å². The molecule has 0 aliphatic heterocycles. The fourth-order valence-electron chi connectivity index (χ4n) is 4.04. The normalized spacial score (nSPS) is 11.1. The van der Waals surface area contributed by atoms with E-state index >= 15 is 0 Å². The highest BCUT2D eigenvalue weighted by Crippen LogP contribution is 2.26. The number of furan rings is 1. The number of pyridine rings is 1. The van der Waals surface area contributed by atoms with Crippen molar-refractivity contribution in [2.24, 2.45) is 0 Å². The van der Waals surface area contributed by atoms with E-state index < -0.39 is 15.9 Å². The van der Waals surface area contributed by atoms with Crippen molar-refractivity contribution in [2.45, 2.75) is 18.0 Å². The average molecular weight is 539 g/mol. The minimum atomic E-state index is -3.98. The number of nitrogens with zero attached hydrogens (tertiary/aromatic N) is 1. The summed E-state index contributed by atoms with van der Waals surface area (Å²) in [5.74, 6) is 0.320. The van der Waals surface area contributed by atoms with E-state index in [9.17, 15) is 13.2 Å². The van der Waals surface area contributed by atoms with Gasteiger partial charge in [-0.25, -0.2) is 8.42 Å². The lowest BCUT2D eigenvalue weighted by molar-refractivity contribution is 0.0950. The number of nitrogens with one attached hydrogen (secondary N) is 3. The molecule has 0 bridgehead atoms. The summed E-state index contributed by atoms with van der Waals surface area (Å²) in [7, 11) is -3.98. The Labute approximate surface area is 226 Å². The Bertz CT molecular complexity index is 1660. The molecule has 0 saturated carbocycles. The van der Waals surface area contributed by atoms with E-state index in [0.29, 0.717) is 17.9 Å². The van der Waals surface area contributed by atoms with Crippen LogP contribution in [0.4, 0.5) is 11.4 Å². The summed E-state index contributed by atoms with van der Waals surface area (Å²) in [6.07, 6.45) is 4.93. The number of aromatic nitrogens is 1. The summed E-state index contributed by atoms with van der Waals surface area (Å²) in [6, 6.07) is 28.2. The SMILES string of the molecule is O=C(NCc1cccnc1)c1cc(NCc2ccccc2-c2ccco2)cc(S(=O)(=O)Nc2ccccc2)c1. The van der Waals surface area contributed by atoms with Gasteiger partial charge in [0.15, 0.2) is 0 Å². The molecule has 0 fully saturated rings. The molecule has 9 heteroatoms. The molecule has 0 radical (unpaired) electrons. The van der Waals surface area contributed by atoms with Crippen LogP contribution in [0, 0.1) is 0 Å². The van der Waals surface area contributed by atoms with Crippen LogP contribution < -0.4 is 15.4 Å². The molecule has 0 aliphatic rings. The predicted molar refractivity (Wildman–Crippen MR) is 151 cm³/mol. The number of benzene rings is 3. The van der Waals surface area contributed by atoms with Crippen LogP contribution in [0.25, 0.3) is 11.3 Å². The van der Waals surface area contributed by atoms with Crippen LogP contribution in [-0.2, 0) is 23.1 Å². The van der Waals surface area contributed by atoms with E-state index in [0.717, 1.165) is 22.5 Å². The summed E-state index contributed by atoms with van der Waals surface area (Å²) < 4.78 is 34.8. The average Bonchev–Trinajstić information content (AvgIpc) is 3.51. The van der Waals surface area contributed by atoms with Gasteiger partial charge in [-0.2, -0.15) is 0 Å².